The predicted molar refractivity (Wildman–Crippen MR) is 101 cm³/mol. The van der Waals surface area contributed by atoms with Crippen molar-refractivity contribution in [3.8, 4) is 0 Å². The Morgan fingerprint density at radius 3 is 2.36 bits per heavy atom. The Balaban J connectivity index is 1.67. The maximum absolute atomic E-state index is 12.9. The van der Waals surface area contributed by atoms with Crippen LogP contribution in [-0.4, -0.2) is 78.3 Å². The zero-order chi connectivity index (χ0) is 20.4. The standard InChI is InChI=1S/C20H25N3O5/c1-13(2)12-28-20(27)23-8-4-7-22(9-10-23)17(24)14-5-6-15-16(11-14)19(26)21(3)18(15)25/h5-6,11,13H,4,7-10,12H2,1-3H3. The van der Waals surface area contributed by atoms with Crippen molar-refractivity contribution in [3.05, 3.63) is 34.9 Å². The second-order valence-corrected chi connectivity index (χ2v) is 7.53. The summed E-state index contributed by atoms with van der Waals surface area (Å²) in [4.78, 5) is 53.5. The van der Waals surface area contributed by atoms with Crippen LogP contribution in [0.15, 0.2) is 18.2 Å². The zero-order valence-electron chi connectivity index (χ0n) is 16.4. The average molecular weight is 387 g/mol. The van der Waals surface area contributed by atoms with Crippen LogP contribution >= 0.6 is 0 Å². The van der Waals surface area contributed by atoms with Gasteiger partial charge in [0.15, 0.2) is 0 Å². The van der Waals surface area contributed by atoms with Gasteiger partial charge in [0.05, 0.1) is 17.7 Å². The summed E-state index contributed by atoms with van der Waals surface area (Å²) in [6, 6.07) is 4.59. The molecule has 2 aliphatic rings. The van der Waals surface area contributed by atoms with Gasteiger partial charge < -0.3 is 14.5 Å². The van der Waals surface area contributed by atoms with Crippen LogP contribution in [0.4, 0.5) is 4.79 Å². The molecule has 0 aromatic heterocycles. The molecule has 0 radical (unpaired) electrons. The van der Waals surface area contributed by atoms with E-state index in [9.17, 15) is 19.2 Å². The Kier molecular flexibility index (Phi) is 5.67. The first kappa shape index (κ1) is 19.9. The van der Waals surface area contributed by atoms with Crippen molar-refractivity contribution in [3.63, 3.8) is 0 Å². The number of benzene rings is 1. The third-order valence-electron chi connectivity index (χ3n) is 4.92. The van der Waals surface area contributed by atoms with Gasteiger partial charge in [-0.2, -0.15) is 0 Å². The van der Waals surface area contributed by atoms with Crippen LogP contribution < -0.4 is 0 Å². The lowest BCUT2D eigenvalue weighted by Crippen LogP contribution is -2.38. The van der Waals surface area contributed by atoms with Crippen LogP contribution in [0.25, 0.3) is 0 Å². The Labute approximate surface area is 164 Å². The molecule has 1 aromatic rings. The summed E-state index contributed by atoms with van der Waals surface area (Å²) in [7, 11) is 1.42. The topological polar surface area (TPSA) is 87.2 Å². The van der Waals surface area contributed by atoms with Gasteiger partial charge in [0.25, 0.3) is 17.7 Å². The molecule has 1 fully saturated rings. The van der Waals surface area contributed by atoms with Crippen molar-refractivity contribution in [1.29, 1.82) is 0 Å². The molecule has 2 heterocycles. The van der Waals surface area contributed by atoms with Crippen LogP contribution in [0.3, 0.4) is 0 Å². The van der Waals surface area contributed by atoms with E-state index in [4.69, 9.17) is 4.74 Å². The fraction of sp³-hybridized carbons (Fsp3) is 0.500. The van der Waals surface area contributed by atoms with Gasteiger partial charge in [-0.25, -0.2) is 4.79 Å². The monoisotopic (exact) mass is 387 g/mol. The summed E-state index contributed by atoms with van der Waals surface area (Å²) >= 11 is 0. The fourth-order valence-electron chi connectivity index (χ4n) is 3.31. The number of fused-ring (bicyclic) bond motifs is 1. The lowest BCUT2D eigenvalue weighted by Gasteiger charge is -2.22. The summed E-state index contributed by atoms with van der Waals surface area (Å²) in [6.07, 6.45) is 0.292. The molecule has 0 aliphatic carbocycles. The molecule has 28 heavy (non-hydrogen) atoms. The summed E-state index contributed by atoms with van der Waals surface area (Å²) in [5.41, 5.74) is 0.942. The van der Waals surface area contributed by atoms with Gasteiger partial charge in [-0.15, -0.1) is 0 Å². The summed E-state index contributed by atoms with van der Waals surface area (Å²) in [6.45, 7) is 6.15. The SMILES string of the molecule is CC(C)COC(=O)N1CCCN(C(=O)c2ccc3c(c2)C(=O)N(C)C3=O)CC1. The smallest absolute Gasteiger partial charge is 0.409 e. The highest BCUT2D eigenvalue weighted by Gasteiger charge is 2.34. The number of hydrogen-bond acceptors (Lipinski definition) is 5. The van der Waals surface area contributed by atoms with Crippen molar-refractivity contribution >= 4 is 23.8 Å². The van der Waals surface area contributed by atoms with E-state index in [1.54, 1.807) is 15.9 Å². The molecule has 4 amide bonds. The molecular weight excluding hydrogens is 362 g/mol. The quantitative estimate of drug-likeness (QED) is 0.739. The summed E-state index contributed by atoms with van der Waals surface area (Å²) < 4.78 is 5.27. The van der Waals surface area contributed by atoms with Crippen LogP contribution in [0.2, 0.25) is 0 Å². The number of carbonyl (C=O) groups excluding carboxylic acids is 4. The highest BCUT2D eigenvalue weighted by Crippen LogP contribution is 2.23. The van der Waals surface area contributed by atoms with E-state index in [0.717, 1.165) is 4.90 Å². The number of rotatable bonds is 3. The Hall–Kier alpha value is -2.90. The highest BCUT2D eigenvalue weighted by atomic mass is 16.6. The van der Waals surface area contributed by atoms with Gasteiger partial charge in [0.1, 0.15) is 0 Å². The number of hydrogen-bond donors (Lipinski definition) is 0. The predicted octanol–water partition coefficient (Wildman–Crippen LogP) is 1.85. The Bertz CT molecular complexity index is 820. The number of imide groups is 1. The van der Waals surface area contributed by atoms with E-state index in [-0.39, 0.29) is 29.4 Å². The minimum atomic E-state index is -0.399. The first-order valence-electron chi connectivity index (χ1n) is 9.47. The van der Waals surface area contributed by atoms with E-state index < -0.39 is 5.91 Å². The minimum Gasteiger partial charge on any atom is -0.449 e. The van der Waals surface area contributed by atoms with Crippen molar-refractivity contribution in [2.24, 2.45) is 5.92 Å². The molecule has 150 valence electrons. The minimum absolute atomic E-state index is 0.213. The van der Waals surface area contributed by atoms with Crippen LogP contribution in [-0.2, 0) is 4.74 Å². The van der Waals surface area contributed by atoms with E-state index in [1.165, 1.54) is 19.2 Å². The maximum Gasteiger partial charge on any atom is 0.409 e. The third-order valence-corrected chi connectivity index (χ3v) is 4.92. The number of carbonyl (C=O) groups is 4. The molecule has 8 nitrogen and oxygen atoms in total. The van der Waals surface area contributed by atoms with Crippen molar-refractivity contribution in [2.75, 3.05) is 39.8 Å². The van der Waals surface area contributed by atoms with Crippen molar-refractivity contribution in [1.82, 2.24) is 14.7 Å². The van der Waals surface area contributed by atoms with Crippen LogP contribution in [0.5, 0.6) is 0 Å². The highest BCUT2D eigenvalue weighted by molar-refractivity contribution is 6.21. The van der Waals surface area contributed by atoms with Gasteiger partial charge in [-0.1, -0.05) is 13.8 Å². The zero-order valence-corrected chi connectivity index (χ0v) is 16.4. The average Bonchev–Trinajstić information content (AvgIpc) is 2.88. The van der Waals surface area contributed by atoms with E-state index in [1.807, 2.05) is 13.8 Å². The van der Waals surface area contributed by atoms with Gasteiger partial charge in [0.2, 0.25) is 0 Å². The Morgan fingerprint density at radius 2 is 1.64 bits per heavy atom. The molecule has 8 heteroatoms. The van der Waals surface area contributed by atoms with Gasteiger partial charge in [-0.3, -0.25) is 19.3 Å². The normalized spacial score (nSPS) is 17.1. The number of ether oxygens (including phenoxy) is 1. The molecule has 0 N–H and O–H groups in total. The molecule has 0 spiro atoms. The Morgan fingerprint density at radius 1 is 1.00 bits per heavy atom. The first-order valence-corrected chi connectivity index (χ1v) is 9.47. The third kappa shape index (κ3) is 3.85. The molecule has 0 unspecified atom stereocenters. The molecule has 1 saturated heterocycles. The molecule has 3 rings (SSSR count). The van der Waals surface area contributed by atoms with Crippen LogP contribution in [0.1, 0.15) is 51.3 Å². The van der Waals surface area contributed by atoms with E-state index in [2.05, 4.69) is 0 Å². The molecular formula is C20H25N3O5. The van der Waals surface area contributed by atoms with Crippen molar-refractivity contribution < 1.29 is 23.9 Å². The van der Waals surface area contributed by atoms with Gasteiger partial charge >= 0.3 is 6.09 Å². The van der Waals surface area contributed by atoms with Gasteiger partial charge in [-0.05, 0) is 30.5 Å². The van der Waals surface area contributed by atoms with Crippen LogP contribution in [0, 0.1) is 5.92 Å². The lowest BCUT2D eigenvalue weighted by atomic mass is 10.0. The molecule has 2 aliphatic heterocycles. The van der Waals surface area contributed by atoms with E-state index >= 15 is 0 Å². The van der Waals surface area contributed by atoms with Crippen molar-refractivity contribution in [2.45, 2.75) is 20.3 Å². The first-order chi connectivity index (χ1) is 13.3. The number of amides is 4. The second-order valence-electron chi connectivity index (χ2n) is 7.53. The molecule has 0 saturated carbocycles. The van der Waals surface area contributed by atoms with E-state index in [0.29, 0.717) is 50.3 Å². The fourth-order valence-corrected chi connectivity index (χ4v) is 3.31. The number of nitrogens with zero attached hydrogens (tertiary/aromatic N) is 3. The second kappa shape index (κ2) is 8.00. The maximum atomic E-state index is 12.9. The molecule has 0 bridgehead atoms. The molecule has 0 atom stereocenters. The summed E-state index contributed by atoms with van der Waals surface area (Å²) in [5, 5.41) is 0. The summed E-state index contributed by atoms with van der Waals surface area (Å²) in [5.74, 6) is -0.702. The van der Waals surface area contributed by atoms with Gasteiger partial charge in [0, 0.05) is 38.8 Å². The largest absolute Gasteiger partial charge is 0.449 e. The molecule has 1 aromatic carbocycles. The lowest BCUT2D eigenvalue weighted by molar-refractivity contribution is 0.0692.